The van der Waals surface area contributed by atoms with Crippen molar-refractivity contribution < 1.29 is 19.5 Å². The molecule has 0 saturated carbocycles. The van der Waals surface area contributed by atoms with Crippen molar-refractivity contribution >= 4 is 35.3 Å². The first-order chi connectivity index (χ1) is 20.3. The third kappa shape index (κ3) is 9.06. The Bertz CT molecular complexity index is 1340. The topological polar surface area (TPSA) is 111 Å². The number of nitrogens with two attached hydrogens (primary N) is 1. The van der Waals surface area contributed by atoms with Crippen LogP contribution in [0.5, 0.6) is 5.75 Å². The molecule has 1 atom stereocenters. The number of halogens is 1. The van der Waals surface area contributed by atoms with Gasteiger partial charge in [0.05, 0.1) is 18.3 Å². The van der Waals surface area contributed by atoms with Gasteiger partial charge < -0.3 is 15.8 Å². The van der Waals surface area contributed by atoms with Gasteiger partial charge >= 0.3 is 6.03 Å². The molecule has 3 aromatic carbocycles. The zero-order valence-electron chi connectivity index (χ0n) is 23.8. The van der Waals surface area contributed by atoms with Crippen LogP contribution in [0, 0.1) is 0 Å². The number of carbonyl (C=O) groups is 2. The van der Waals surface area contributed by atoms with Gasteiger partial charge in [-0.1, -0.05) is 72.3 Å². The summed E-state index contributed by atoms with van der Waals surface area (Å²) < 4.78 is 6.11. The van der Waals surface area contributed by atoms with E-state index in [4.69, 9.17) is 22.1 Å². The van der Waals surface area contributed by atoms with E-state index in [1.165, 1.54) is 18.1 Å². The number of hydroxylamine groups is 2. The number of hydrogen-bond acceptors (Lipinski definition) is 6. The van der Waals surface area contributed by atoms with E-state index in [9.17, 15) is 14.8 Å². The van der Waals surface area contributed by atoms with Crippen LogP contribution < -0.4 is 15.8 Å². The van der Waals surface area contributed by atoms with Crippen LogP contribution in [-0.4, -0.2) is 77.9 Å². The van der Waals surface area contributed by atoms with E-state index < -0.39 is 6.03 Å². The van der Waals surface area contributed by atoms with E-state index in [1.54, 1.807) is 0 Å². The van der Waals surface area contributed by atoms with E-state index >= 15 is 0 Å². The Hall–Kier alpha value is -3.89. The molecular formula is C32H38ClN5O4. The van der Waals surface area contributed by atoms with Crippen molar-refractivity contribution in [3.8, 4) is 5.75 Å². The first-order valence-corrected chi connectivity index (χ1v) is 14.4. The van der Waals surface area contributed by atoms with Gasteiger partial charge in [0.25, 0.3) is 0 Å². The summed E-state index contributed by atoms with van der Waals surface area (Å²) in [6.45, 7) is 6.49. The lowest BCUT2D eigenvalue weighted by atomic mass is 9.96. The first-order valence-electron chi connectivity index (χ1n) is 14.0. The number of piperazine rings is 1. The number of amides is 3. The molecule has 1 aliphatic heterocycles. The van der Waals surface area contributed by atoms with E-state index in [0.717, 1.165) is 43.3 Å². The maximum Gasteiger partial charge on any atom is 0.338 e. The summed E-state index contributed by atoms with van der Waals surface area (Å²) in [6.07, 6.45) is 4.08. The SMILES string of the molecule is CC(=O)Nc1cc(C=CCCN(O)C(N)=O)ccc1OCCN1CCN([C@H](c2ccccc2)c2ccc(Cl)cc2)CC1. The number of urea groups is 1. The highest BCUT2D eigenvalue weighted by Crippen LogP contribution is 2.31. The number of ether oxygens (including phenoxy) is 1. The molecule has 1 heterocycles. The minimum atomic E-state index is -0.894. The Morgan fingerprint density at radius 1 is 1.05 bits per heavy atom. The lowest BCUT2D eigenvalue weighted by Crippen LogP contribution is -2.48. The van der Waals surface area contributed by atoms with Crippen molar-refractivity contribution in [3.63, 3.8) is 0 Å². The van der Waals surface area contributed by atoms with Gasteiger partial charge in [-0.3, -0.25) is 19.8 Å². The molecule has 0 spiro atoms. The largest absolute Gasteiger partial charge is 0.490 e. The van der Waals surface area contributed by atoms with Crippen LogP contribution in [-0.2, 0) is 4.79 Å². The summed E-state index contributed by atoms with van der Waals surface area (Å²) in [5.41, 5.74) is 8.94. The Morgan fingerprint density at radius 2 is 1.74 bits per heavy atom. The average molecular weight is 592 g/mol. The van der Waals surface area contributed by atoms with Crippen molar-refractivity contribution in [2.24, 2.45) is 5.73 Å². The summed E-state index contributed by atoms with van der Waals surface area (Å²) in [5.74, 6) is 0.409. The first kappa shape index (κ1) is 31.1. The Balaban J connectivity index is 1.32. The minimum absolute atomic E-state index is 0.0912. The van der Waals surface area contributed by atoms with Crippen LogP contribution >= 0.6 is 11.6 Å². The normalized spacial score (nSPS) is 14.9. The molecule has 3 aromatic rings. The Kier molecular flexibility index (Phi) is 11.4. The Morgan fingerprint density at radius 3 is 2.40 bits per heavy atom. The third-order valence-electron chi connectivity index (χ3n) is 7.12. The maximum absolute atomic E-state index is 11.8. The molecule has 4 rings (SSSR count). The van der Waals surface area contributed by atoms with Crippen LogP contribution in [0.2, 0.25) is 5.02 Å². The highest BCUT2D eigenvalue weighted by molar-refractivity contribution is 6.30. The summed E-state index contributed by atoms with van der Waals surface area (Å²) in [6, 6.07) is 23.5. The van der Waals surface area contributed by atoms with Crippen molar-refractivity contribution in [2.45, 2.75) is 19.4 Å². The number of nitrogens with zero attached hydrogens (tertiary/aromatic N) is 3. The van der Waals surface area contributed by atoms with Crippen LogP contribution in [0.1, 0.15) is 36.1 Å². The summed E-state index contributed by atoms with van der Waals surface area (Å²) >= 11 is 6.17. The lowest BCUT2D eigenvalue weighted by Gasteiger charge is -2.39. The van der Waals surface area contributed by atoms with E-state index in [2.05, 4.69) is 51.5 Å². The molecule has 1 fully saturated rings. The number of primary amides is 1. The predicted octanol–water partition coefficient (Wildman–Crippen LogP) is 5.26. The van der Waals surface area contributed by atoms with Crippen molar-refractivity contribution in [3.05, 3.63) is 101 Å². The van der Waals surface area contributed by atoms with Gasteiger partial charge in [-0.25, -0.2) is 9.86 Å². The van der Waals surface area contributed by atoms with E-state index in [-0.39, 0.29) is 18.5 Å². The van der Waals surface area contributed by atoms with Gasteiger partial charge in [-0.05, 0) is 47.4 Å². The predicted molar refractivity (Wildman–Crippen MR) is 166 cm³/mol. The van der Waals surface area contributed by atoms with Gasteiger partial charge in [-0.2, -0.15) is 0 Å². The second-order valence-corrected chi connectivity index (χ2v) is 10.6. The van der Waals surface area contributed by atoms with Crippen molar-refractivity contribution in [1.82, 2.24) is 14.9 Å². The van der Waals surface area contributed by atoms with Crippen LogP contribution in [0.3, 0.4) is 0 Å². The summed E-state index contributed by atoms with van der Waals surface area (Å²) in [5, 5.41) is 13.4. The number of rotatable bonds is 12. The molecule has 3 amide bonds. The molecule has 0 unspecified atom stereocenters. The van der Waals surface area contributed by atoms with Crippen molar-refractivity contribution in [2.75, 3.05) is 51.2 Å². The fourth-order valence-electron chi connectivity index (χ4n) is 5.02. The minimum Gasteiger partial charge on any atom is -0.490 e. The maximum atomic E-state index is 11.8. The van der Waals surface area contributed by atoms with Gasteiger partial charge in [0.1, 0.15) is 12.4 Å². The number of carbonyl (C=O) groups excluding carboxylic acids is 2. The number of hydrogen-bond donors (Lipinski definition) is 3. The van der Waals surface area contributed by atoms with E-state index in [0.29, 0.717) is 29.5 Å². The second kappa shape index (κ2) is 15.4. The van der Waals surface area contributed by atoms with Crippen LogP contribution in [0.15, 0.2) is 78.9 Å². The van der Waals surface area contributed by atoms with E-state index in [1.807, 2.05) is 48.6 Å². The van der Waals surface area contributed by atoms with Gasteiger partial charge in [0, 0.05) is 44.7 Å². The molecule has 1 aliphatic rings. The van der Waals surface area contributed by atoms with Gasteiger partial charge in [0.2, 0.25) is 5.91 Å². The van der Waals surface area contributed by atoms with Crippen LogP contribution in [0.4, 0.5) is 10.5 Å². The molecule has 42 heavy (non-hydrogen) atoms. The quantitative estimate of drug-likeness (QED) is 0.196. The fourth-order valence-corrected chi connectivity index (χ4v) is 5.14. The highest BCUT2D eigenvalue weighted by atomic mass is 35.5. The molecule has 10 heteroatoms. The molecule has 4 N–H and O–H groups in total. The average Bonchev–Trinajstić information content (AvgIpc) is 2.98. The smallest absolute Gasteiger partial charge is 0.338 e. The molecule has 0 bridgehead atoms. The monoisotopic (exact) mass is 591 g/mol. The third-order valence-corrected chi connectivity index (χ3v) is 7.38. The van der Waals surface area contributed by atoms with Gasteiger partial charge in [-0.15, -0.1) is 0 Å². The number of nitrogens with one attached hydrogen (secondary N) is 1. The standard InChI is InChI=1S/C32H38ClN5O4/c1-24(39)35-29-23-25(7-5-6-16-38(41)32(34)40)10-15-30(29)42-22-21-36-17-19-37(20-18-36)31(26-8-3-2-4-9-26)27-11-13-28(33)14-12-27/h2-5,7-15,23,31,41H,6,16-22H2,1H3,(H2,34,40)(H,35,39)/t31-/m1/s1. The fraction of sp³-hybridized carbons (Fsp3) is 0.312. The zero-order chi connectivity index (χ0) is 29.9. The molecular weight excluding hydrogens is 554 g/mol. The van der Waals surface area contributed by atoms with Gasteiger partial charge in [0.15, 0.2) is 0 Å². The second-order valence-electron chi connectivity index (χ2n) is 10.2. The zero-order valence-corrected chi connectivity index (χ0v) is 24.5. The summed E-state index contributed by atoms with van der Waals surface area (Å²) in [4.78, 5) is 27.6. The summed E-state index contributed by atoms with van der Waals surface area (Å²) in [7, 11) is 0. The molecule has 1 saturated heterocycles. The molecule has 0 aliphatic carbocycles. The highest BCUT2D eigenvalue weighted by Gasteiger charge is 2.26. The molecule has 222 valence electrons. The molecule has 0 radical (unpaired) electrons. The number of benzene rings is 3. The molecule has 0 aromatic heterocycles. The van der Waals surface area contributed by atoms with Crippen LogP contribution in [0.25, 0.3) is 6.08 Å². The lowest BCUT2D eigenvalue weighted by molar-refractivity contribution is -0.114. The number of anilines is 1. The van der Waals surface area contributed by atoms with Crippen molar-refractivity contribution in [1.29, 1.82) is 0 Å². The Labute approximate surface area is 252 Å². The molecule has 9 nitrogen and oxygen atoms in total.